The van der Waals surface area contributed by atoms with E-state index in [0.717, 1.165) is 31.5 Å². The largest absolute Gasteiger partial charge is 0.364 e. The standard InChI is InChI=1S/C16H22N2O2.ClH/c1-11-8-12-4-2-3-5-14(12)18(10-11)16(19)15-7-6-13(9-17)20-15;/h2-5,11,13,15H,6-10,17H2,1H3;1H/t11?,13-,15+;/m1./s1. The Labute approximate surface area is 132 Å². The molecule has 3 atom stereocenters. The van der Waals surface area contributed by atoms with Crippen LogP contribution in [0.5, 0.6) is 0 Å². The van der Waals surface area contributed by atoms with Crippen LogP contribution in [0, 0.1) is 5.92 Å². The van der Waals surface area contributed by atoms with Gasteiger partial charge >= 0.3 is 0 Å². The molecule has 2 heterocycles. The third kappa shape index (κ3) is 3.23. The van der Waals surface area contributed by atoms with Crippen molar-refractivity contribution >= 4 is 24.0 Å². The molecule has 1 aromatic rings. The smallest absolute Gasteiger partial charge is 0.256 e. The lowest BCUT2D eigenvalue weighted by Crippen LogP contribution is -2.44. The molecule has 0 aliphatic carbocycles. The second-order valence-corrected chi connectivity index (χ2v) is 5.95. The van der Waals surface area contributed by atoms with Gasteiger partial charge < -0.3 is 15.4 Å². The van der Waals surface area contributed by atoms with Crippen molar-refractivity contribution in [2.45, 2.75) is 38.4 Å². The van der Waals surface area contributed by atoms with Crippen LogP contribution in [0.25, 0.3) is 0 Å². The number of fused-ring (bicyclic) bond motifs is 1. The van der Waals surface area contributed by atoms with Crippen LogP contribution in [0.1, 0.15) is 25.3 Å². The van der Waals surface area contributed by atoms with Gasteiger partial charge in [-0.25, -0.2) is 0 Å². The molecule has 4 nitrogen and oxygen atoms in total. The van der Waals surface area contributed by atoms with Crippen molar-refractivity contribution in [1.82, 2.24) is 0 Å². The van der Waals surface area contributed by atoms with Gasteiger partial charge in [-0.15, -0.1) is 12.4 Å². The van der Waals surface area contributed by atoms with E-state index in [-0.39, 0.29) is 30.5 Å². The second-order valence-electron chi connectivity index (χ2n) is 5.95. The lowest BCUT2D eigenvalue weighted by atomic mass is 9.93. The summed E-state index contributed by atoms with van der Waals surface area (Å²) in [4.78, 5) is 14.6. The van der Waals surface area contributed by atoms with Crippen LogP contribution in [0.4, 0.5) is 5.69 Å². The van der Waals surface area contributed by atoms with Gasteiger partial charge in [-0.1, -0.05) is 25.1 Å². The van der Waals surface area contributed by atoms with E-state index in [4.69, 9.17) is 10.5 Å². The highest BCUT2D eigenvalue weighted by atomic mass is 35.5. The molecular formula is C16H23ClN2O2. The number of rotatable bonds is 2. The molecule has 1 aromatic carbocycles. The summed E-state index contributed by atoms with van der Waals surface area (Å²) in [5.41, 5.74) is 7.93. The zero-order valence-corrected chi connectivity index (χ0v) is 13.1. The van der Waals surface area contributed by atoms with Crippen LogP contribution in [-0.4, -0.2) is 31.2 Å². The van der Waals surface area contributed by atoms with Crippen LogP contribution >= 0.6 is 12.4 Å². The summed E-state index contributed by atoms with van der Waals surface area (Å²) < 4.78 is 5.76. The highest BCUT2D eigenvalue weighted by Gasteiger charge is 2.35. The number of para-hydroxylation sites is 1. The first-order valence-corrected chi connectivity index (χ1v) is 7.44. The highest BCUT2D eigenvalue weighted by Crippen LogP contribution is 2.31. The van der Waals surface area contributed by atoms with E-state index in [1.165, 1.54) is 5.56 Å². The Morgan fingerprint density at radius 2 is 2.14 bits per heavy atom. The molecule has 1 saturated heterocycles. The van der Waals surface area contributed by atoms with Gasteiger partial charge in [0.25, 0.3) is 5.91 Å². The summed E-state index contributed by atoms with van der Waals surface area (Å²) in [7, 11) is 0. The molecule has 2 N–H and O–H groups in total. The van der Waals surface area contributed by atoms with Crippen molar-refractivity contribution in [1.29, 1.82) is 0 Å². The monoisotopic (exact) mass is 310 g/mol. The number of benzene rings is 1. The van der Waals surface area contributed by atoms with Crippen molar-refractivity contribution in [3.05, 3.63) is 29.8 Å². The molecule has 0 saturated carbocycles. The maximum absolute atomic E-state index is 12.7. The Balaban J connectivity index is 0.00000161. The number of hydrogen-bond donors (Lipinski definition) is 1. The van der Waals surface area contributed by atoms with E-state index in [1.54, 1.807) is 0 Å². The van der Waals surface area contributed by atoms with Gasteiger partial charge in [0.2, 0.25) is 0 Å². The predicted octanol–water partition coefficient (Wildman–Crippen LogP) is 2.14. The van der Waals surface area contributed by atoms with Crippen LogP contribution in [0.15, 0.2) is 24.3 Å². The Kier molecular flexibility index (Phi) is 5.25. The zero-order chi connectivity index (χ0) is 14.1. The minimum atomic E-state index is -0.318. The van der Waals surface area contributed by atoms with Crippen LogP contribution in [0.3, 0.4) is 0 Å². The Morgan fingerprint density at radius 3 is 2.86 bits per heavy atom. The second kappa shape index (κ2) is 6.77. The summed E-state index contributed by atoms with van der Waals surface area (Å²) in [5.74, 6) is 0.584. The topological polar surface area (TPSA) is 55.6 Å². The number of nitrogens with zero attached hydrogens (tertiary/aromatic N) is 1. The summed E-state index contributed by atoms with van der Waals surface area (Å²) in [6, 6.07) is 8.18. The number of amides is 1. The molecule has 0 radical (unpaired) electrons. The molecule has 2 aliphatic rings. The maximum Gasteiger partial charge on any atom is 0.256 e. The van der Waals surface area contributed by atoms with Crippen molar-refractivity contribution in [3.8, 4) is 0 Å². The number of anilines is 1. The molecule has 116 valence electrons. The van der Waals surface area contributed by atoms with Crippen molar-refractivity contribution < 1.29 is 9.53 Å². The third-order valence-electron chi connectivity index (χ3n) is 4.26. The molecular weight excluding hydrogens is 288 g/mol. The van der Waals surface area contributed by atoms with Gasteiger partial charge in [0.1, 0.15) is 6.10 Å². The number of halogens is 1. The lowest BCUT2D eigenvalue weighted by Gasteiger charge is -2.34. The fourth-order valence-corrected chi connectivity index (χ4v) is 3.24. The van der Waals surface area contributed by atoms with Gasteiger partial charge in [-0.3, -0.25) is 4.79 Å². The first-order chi connectivity index (χ1) is 9.69. The summed E-state index contributed by atoms with van der Waals surface area (Å²) >= 11 is 0. The molecule has 2 aliphatic heterocycles. The number of ether oxygens (including phenoxy) is 1. The molecule has 1 fully saturated rings. The summed E-state index contributed by atoms with van der Waals surface area (Å²) in [5, 5.41) is 0. The van der Waals surface area contributed by atoms with Gasteiger partial charge in [-0.05, 0) is 36.8 Å². The highest BCUT2D eigenvalue weighted by molar-refractivity contribution is 5.97. The third-order valence-corrected chi connectivity index (χ3v) is 4.26. The van der Waals surface area contributed by atoms with E-state index < -0.39 is 0 Å². The molecule has 0 spiro atoms. The van der Waals surface area contributed by atoms with Crippen LogP contribution in [-0.2, 0) is 16.0 Å². The Morgan fingerprint density at radius 1 is 1.38 bits per heavy atom. The lowest BCUT2D eigenvalue weighted by molar-refractivity contribution is -0.129. The summed E-state index contributed by atoms with van der Waals surface area (Å²) in [6.07, 6.45) is 2.44. The average Bonchev–Trinajstić information content (AvgIpc) is 2.94. The number of nitrogens with two attached hydrogens (primary N) is 1. The van der Waals surface area contributed by atoms with E-state index in [0.29, 0.717) is 12.5 Å². The van der Waals surface area contributed by atoms with Crippen LogP contribution < -0.4 is 10.6 Å². The average molecular weight is 311 g/mol. The molecule has 0 bridgehead atoms. The van der Waals surface area contributed by atoms with Gasteiger partial charge in [0.15, 0.2) is 0 Å². The van der Waals surface area contributed by atoms with Gasteiger partial charge in [-0.2, -0.15) is 0 Å². The molecule has 21 heavy (non-hydrogen) atoms. The number of carbonyl (C=O) groups is 1. The van der Waals surface area contributed by atoms with Crippen molar-refractivity contribution in [2.75, 3.05) is 18.0 Å². The van der Waals surface area contributed by atoms with Crippen molar-refractivity contribution in [2.24, 2.45) is 11.7 Å². The minimum absolute atomic E-state index is 0. The molecule has 0 aromatic heterocycles. The zero-order valence-electron chi connectivity index (χ0n) is 12.3. The fourth-order valence-electron chi connectivity index (χ4n) is 3.24. The van der Waals surface area contributed by atoms with Gasteiger partial charge in [0.05, 0.1) is 6.10 Å². The SMILES string of the molecule is CC1Cc2ccccc2N(C(=O)[C@@H]2CC[C@H](CN)O2)C1.Cl. The van der Waals surface area contributed by atoms with Gasteiger partial charge in [0, 0.05) is 18.8 Å². The predicted molar refractivity (Wildman–Crippen MR) is 85.9 cm³/mol. The maximum atomic E-state index is 12.7. The number of hydrogen-bond acceptors (Lipinski definition) is 3. The molecule has 1 amide bonds. The van der Waals surface area contributed by atoms with E-state index in [1.807, 2.05) is 23.1 Å². The summed E-state index contributed by atoms with van der Waals surface area (Å²) in [6.45, 7) is 3.47. The quantitative estimate of drug-likeness (QED) is 0.910. The Hall–Kier alpha value is -1.10. The molecule has 5 heteroatoms. The number of carbonyl (C=O) groups excluding carboxylic acids is 1. The normalized spacial score (nSPS) is 27.9. The van der Waals surface area contributed by atoms with Crippen molar-refractivity contribution in [3.63, 3.8) is 0 Å². The first-order valence-electron chi connectivity index (χ1n) is 7.44. The van der Waals surface area contributed by atoms with E-state index in [9.17, 15) is 4.79 Å². The van der Waals surface area contributed by atoms with Crippen LogP contribution in [0.2, 0.25) is 0 Å². The Bertz CT molecular complexity index is 509. The molecule has 1 unspecified atom stereocenters. The fraction of sp³-hybridized carbons (Fsp3) is 0.562. The molecule has 3 rings (SSSR count). The first kappa shape index (κ1) is 16.3. The van der Waals surface area contributed by atoms with E-state index >= 15 is 0 Å². The minimum Gasteiger partial charge on any atom is -0.364 e. The van der Waals surface area contributed by atoms with E-state index in [2.05, 4.69) is 13.0 Å².